The van der Waals surface area contributed by atoms with E-state index >= 15 is 0 Å². The van der Waals surface area contributed by atoms with Crippen LogP contribution in [0.25, 0.3) is 0 Å². The fourth-order valence-corrected chi connectivity index (χ4v) is 3.70. The summed E-state index contributed by atoms with van der Waals surface area (Å²) < 4.78 is 10.2. The van der Waals surface area contributed by atoms with Gasteiger partial charge >= 0.3 is 12.1 Å². The fourth-order valence-electron chi connectivity index (χ4n) is 3.62. The lowest BCUT2D eigenvalue weighted by atomic mass is 9.75. The van der Waals surface area contributed by atoms with Gasteiger partial charge in [-0.2, -0.15) is 0 Å². The monoisotopic (exact) mass is 349 g/mol. The summed E-state index contributed by atoms with van der Waals surface area (Å²) in [6, 6.07) is 7.42. The first kappa shape index (κ1) is 16.8. The number of ether oxygens (including phenoxy) is 2. The summed E-state index contributed by atoms with van der Waals surface area (Å²) in [7, 11) is 0. The van der Waals surface area contributed by atoms with Gasteiger partial charge in [-0.05, 0) is 37.0 Å². The summed E-state index contributed by atoms with van der Waals surface area (Å²) in [5.74, 6) is 0.371. The molecule has 1 saturated heterocycles. The largest absolute Gasteiger partial charge is 0.465 e. The first-order valence-corrected chi connectivity index (χ1v) is 8.49. The van der Waals surface area contributed by atoms with E-state index < -0.39 is 11.5 Å². The van der Waals surface area contributed by atoms with Crippen LogP contribution in [-0.4, -0.2) is 31.2 Å². The zero-order valence-electron chi connectivity index (χ0n) is 13.3. The van der Waals surface area contributed by atoms with E-state index in [1.807, 2.05) is 12.1 Å². The minimum Gasteiger partial charge on any atom is -0.465 e. The molecule has 1 heterocycles. The average Bonchev–Trinajstić information content (AvgIpc) is 3.02. The molecular weight excluding hydrogens is 330 g/mol. The van der Waals surface area contributed by atoms with Crippen LogP contribution in [0.3, 0.4) is 0 Å². The SMILES string of the molecule is C=C1CC2COC(=O)C2(Cc2ccc(NC(=O)OCCCl)cc2)C1. The molecule has 2 aliphatic rings. The van der Waals surface area contributed by atoms with Gasteiger partial charge in [0.05, 0.1) is 17.9 Å². The van der Waals surface area contributed by atoms with Gasteiger partial charge in [-0.3, -0.25) is 10.1 Å². The number of carbonyl (C=O) groups excluding carboxylic acids is 2. The number of fused-ring (bicyclic) bond motifs is 1. The smallest absolute Gasteiger partial charge is 0.411 e. The molecule has 1 aliphatic carbocycles. The van der Waals surface area contributed by atoms with Crippen molar-refractivity contribution in [2.45, 2.75) is 19.3 Å². The number of benzene rings is 1. The summed E-state index contributed by atoms with van der Waals surface area (Å²) in [5.41, 5.74) is 2.33. The summed E-state index contributed by atoms with van der Waals surface area (Å²) >= 11 is 5.47. The molecular formula is C18H20ClNO4. The van der Waals surface area contributed by atoms with Gasteiger partial charge in [-0.25, -0.2) is 4.79 Å². The molecule has 1 aromatic rings. The summed E-state index contributed by atoms with van der Waals surface area (Å²) in [6.07, 6.45) is 1.65. The Morgan fingerprint density at radius 3 is 2.88 bits per heavy atom. The van der Waals surface area contributed by atoms with Crippen molar-refractivity contribution in [3.63, 3.8) is 0 Å². The van der Waals surface area contributed by atoms with Crippen molar-refractivity contribution in [2.75, 3.05) is 24.4 Å². The molecule has 0 spiro atoms. The van der Waals surface area contributed by atoms with Crippen LogP contribution < -0.4 is 5.32 Å². The molecule has 2 atom stereocenters. The van der Waals surface area contributed by atoms with Gasteiger partial charge in [0, 0.05) is 11.6 Å². The number of halogens is 1. The number of esters is 1. The lowest BCUT2D eigenvalue weighted by molar-refractivity contribution is -0.146. The summed E-state index contributed by atoms with van der Waals surface area (Å²) in [4.78, 5) is 23.8. The van der Waals surface area contributed by atoms with Gasteiger partial charge in [0.1, 0.15) is 6.61 Å². The second kappa shape index (κ2) is 6.85. The van der Waals surface area contributed by atoms with Crippen LogP contribution in [-0.2, 0) is 20.7 Å². The fraction of sp³-hybridized carbons (Fsp3) is 0.444. The van der Waals surface area contributed by atoms with Gasteiger partial charge in [-0.1, -0.05) is 24.3 Å². The minimum atomic E-state index is -0.534. The van der Waals surface area contributed by atoms with Crippen LogP contribution in [0.15, 0.2) is 36.4 Å². The number of hydrogen-bond donors (Lipinski definition) is 1. The van der Waals surface area contributed by atoms with Crippen molar-refractivity contribution in [2.24, 2.45) is 11.3 Å². The Hall–Kier alpha value is -2.01. The number of anilines is 1. The minimum absolute atomic E-state index is 0.113. The maximum Gasteiger partial charge on any atom is 0.411 e. The van der Waals surface area contributed by atoms with Crippen LogP contribution >= 0.6 is 11.6 Å². The zero-order chi connectivity index (χ0) is 17.2. The predicted octanol–water partition coefficient (Wildman–Crippen LogP) is 3.53. The Morgan fingerprint density at radius 2 is 2.17 bits per heavy atom. The molecule has 3 rings (SSSR count). The lowest BCUT2D eigenvalue weighted by Gasteiger charge is -2.24. The Morgan fingerprint density at radius 1 is 1.42 bits per heavy atom. The first-order chi connectivity index (χ1) is 11.5. The maximum atomic E-state index is 12.3. The molecule has 128 valence electrons. The van der Waals surface area contributed by atoms with Crippen molar-refractivity contribution in [1.82, 2.24) is 0 Å². The maximum absolute atomic E-state index is 12.3. The number of nitrogens with one attached hydrogen (secondary N) is 1. The molecule has 5 nitrogen and oxygen atoms in total. The van der Waals surface area contributed by atoms with E-state index in [0.29, 0.717) is 25.1 Å². The molecule has 1 amide bonds. The molecule has 2 unspecified atom stereocenters. The van der Waals surface area contributed by atoms with E-state index in [2.05, 4.69) is 11.9 Å². The highest BCUT2D eigenvalue weighted by atomic mass is 35.5. The highest BCUT2D eigenvalue weighted by Gasteiger charge is 2.55. The quantitative estimate of drug-likeness (QED) is 0.502. The van der Waals surface area contributed by atoms with Gasteiger partial charge in [0.15, 0.2) is 0 Å². The predicted molar refractivity (Wildman–Crippen MR) is 91.1 cm³/mol. The topological polar surface area (TPSA) is 64.6 Å². The van der Waals surface area contributed by atoms with E-state index in [9.17, 15) is 9.59 Å². The summed E-state index contributed by atoms with van der Waals surface area (Å²) in [5, 5.41) is 2.63. The van der Waals surface area contributed by atoms with Gasteiger partial charge in [-0.15, -0.1) is 11.6 Å². The number of hydrogen-bond acceptors (Lipinski definition) is 4. The second-order valence-corrected chi connectivity index (χ2v) is 6.78. The normalized spacial score (nSPS) is 25.3. The molecule has 2 fully saturated rings. The van der Waals surface area contributed by atoms with Crippen LogP contribution in [0, 0.1) is 11.3 Å². The van der Waals surface area contributed by atoms with Crippen molar-refractivity contribution in [3.05, 3.63) is 42.0 Å². The van der Waals surface area contributed by atoms with Gasteiger partial charge in [0.2, 0.25) is 0 Å². The molecule has 24 heavy (non-hydrogen) atoms. The van der Waals surface area contributed by atoms with E-state index in [-0.39, 0.29) is 24.4 Å². The highest BCUT2D eigenvalue weighted by molar-refractivity contribution is 6.18. The van der Waals surface area contributed by atoms with E-state index in [4.69, 9.17) is 21.1 Å². The molecule has 6 heteroatoms. The molecule has 0 bridgehead atoms. The number of carbonyl (C=O) groups is 2. The van der Waals surface area contributed by atoms with E-state index in [0.717, 1.165) is 17.6 Å². The average molecular weight is 350 g/mol. The third-order valence-electron chi connectivity index (χ3n) is 4.73. The van der Waals surface area contributed by atoms with Crippen LogP contribution in [0.1, 0.15) is 18.4 Å². The highest BCUT2D eigenvalue weighted by Crippen LogP contribution is 2.52. The molecule has 0 radical (unpaired) electrons. The molecule has 1 aromatic carbocycles. The van der Waals surface area contributed by atoms with Crippen LogP contribution in [0.4, 0.5) is 10.5 Å². The third-order valence-corrected chi connectivity index (χ3v) is 4.89. The lowest BCUT2D eigenvalue weighted by Crippen LogP contribution is -2.31. The molecule has 1 aliphatic heterocycles. The van der Waals surface area contributed by atoms with Crippen LogP contribution in [0.2, 0.25) is 0 Å². The Labute approximate surface area is 146 Å². The molecule has 0 aromatic heterocycles. The van der Waals surface area contributed by atoms with Gasteiger partial charge in [0.25, 0.3) is 0 Å². The number of amides is 1. The number of allylic oxidation sites excluding steroid dienone is 1. The third kappa shape index (κ3) is 3.26. The Kier molecular flexibility index (Phi) is 4.81. The van der Waals surface area contributed by atoms with Gasteiger partial charge < -0.3 is 9.47 Å². The Bertz CT molecular complexity index is 657. The number of rotatable bonds is 5. The Balaban J connectivity index is 1.67. The molecule has 1 N–H and O–H groups in total. The van der Waals surface area contributed by atoms with Crippen molar-refractivity contribution in [1.29, 1.82) is 0 Å². The number of cyclic esters (lactones) is 1. The standard InChI is InChI=1S/C18H20ClNO4/c1-12-8-14-11-24-16(21)18(14,9-12)10-13-2-4-15(5-3-13)20-17(22)23-7-6-19/h2-5,14H,1,6-11H2,(H,20,22). The zero-order valence-corrected chi connectivity index (χ0v) is 14.1. The first-order valence-electron chi connectivity index (χ1n) is 7.96. The van der Waals surface area contributed by atoms with Crippen molar-refractivity contribution < 1.29 is 19.1 Å². The van der Waals surface area contributed by atoms with Crippen molar-refractivity contribution in [3.8, 4) is 0 Å². The second-order valence-electron chi connectivity index (χ2n) is 6.41. The van der Waals surface area contributed by atoms with Crippen molar-refractivity contribution >= 4 is 29.4 Å². The van der Waals surface area contributed by atoms with E-state index in [1.54, 1.807) is 12.1 Å². The van der Waals surface area contributed by atoms with Crippen LogP contribution in [0.5, 0.6) is 0 Å². The molecule has 1 saturated carbocycles. The van der Waals surface area contributed by atoms with E-state index in [1.165, 1.54) is 0 Å². The summed E-state index contributed by atoms with van der Waals surface area (Å²) in [6.45, 7) is 4.71. The number of alkyl halides is 1.